The van der Waals surface area contributed by atoms with Gasteiger partial charge in [0.25, 0.3) is 0 Å². The van der Waals surface area contributed by atoms with Gasteiger partial charge >= 0.3 is 6.61 Å². The Hall–Kier alpha value is -1.56. The van der Waals surface area contributed by atoms with Crippen molar-refractivity contribution in [1.29, 1.82) is 0 Å². The molecule has 1 aromatic carbocycles. The number of alkyl halides is 3. The number of benzene rings is 1. The number of amides is 1. The van der Waals surface area contributed by atoms with E-state index >= 15 is 0 Å². The second kappa shape index (κ2) is 8.02. The third-order valence-corrected chi connectivity index (χ3v) is 2.89. The minimum atomic E-state index is -2.95. The maximum Gasteiger partial charge on any atom is 0.387 e. The number of carbonyl (C=O) groups is 1. The first-order valence-corrected chi connectivity index (χ1v) is 6.94. The minimum absolute atomic E-state index is 0.0495. The molecule has 21 heavy (non-hydrogen) atoms. The third kappa shape index (κ3) is 5.38. The predicted molar refractivity (Wildman–Crippen MR) is 76.1 cm³/mol. The summed E-state index contributed by atoms with van der Waals surface area (Å²) in [4.78, 5) is 11.9. The summed E-state index contributed by atoms with van der Waals surface area (Å²) in [7, 11) is 0. The van der Waals surface area contributed by atoms with E-state index < -0.39 is 12.0 Å². The summed E-state index contributed by atoms with van der Waals surface area (Å²) in [6, 6.07) is 4.15. The number of hydrogen-bond donors (Lipinski definition) is 1. The number of hydrogen-bond acceptors (Lipinski definition) is 3. The number of carbonyl (C=O) groups excluding carboxylic acids is 1. The highest BCUT2D eigenvalue weighted by Gasteiger charge is 2.21. The van der Waals surface area contributed by atoms with Crippen LogP contribution in [-0.2, 0) is 4.79 Å². The molecule has 0 aliphatic carbocycles. The highest BCUT2D eigenvalue weighted by Crippen LogP contribution is 2.33. The predicted octanol–water partition coefficient (Wildman–Crippen LogP) is 3.49. The molecule has 0 aromatic heterocycles. The van der Waals surface area contributed by atoms with Gasteiger partial charge in [0.05, 0.1) is 6.61 Å². The molecule has 0 aliphatic heterocycles. The van der Waals surface area contributed by atoms with E-state index in [1.165, 1.54) is 18.2 Å². The van der Waals surface area contributed by atoms with Crippen LogP contribution in [-0.4, -0.2) is 25.2 Å². The Morgan fingerprint density at radius 2 is 2.00 bits per heavy atom. The van der Waals surface area contributed by atoms with Gasteiger partial charge in [-0.3, -0.25) is 4.79 Å². The van der Waals surface area contributed by atoms with E-state index in [0.717, 1.165) is 0 Å². The maximum atomic E-state index is 12.3. The van der Waals surface area contributed by atoms with Crippen molar-refractivity contribution in [2.45, 2.75) is 38.8 Å². The topological polar surface area (TPSA) is 47.6 Å². The first-order chi connectivity index (χ1) is 9.85. The lowest BCUT2D eigenvalue weighted by atomic mass is 10.1. The van der Waals surface area contributed by atoms with Crippen molar-refractivity contribution in [2.75, 3.05) is 6.61 Å². The van der Waals surface area contributed by atoms with Crippen molar-refractivity contribution < 1.29 is 23.0 Å². The molecule has 1 amide bonds. The van der Waals surface area contributed by atoms with Crippen LogP contribution in [0.25, 0.3) is 0 Å². The summed E-state index contributed by atoms with van der Waals surface area (Å²) in [6.07, 6.45) is 0. The van der Waals surface area contributed by atoms with E-state index in [4.69, 9.17) is 16.3 Å². The van der Waals surface area contributed by atoms with E-state index in [-0.39, 0.29) is 30.1 Å². The normalized spacial score (nSPS) is 12.4. The van der Waals surface area contributed by atoms with E-state index in [0.29, 0.717) is 5.56 Å². The van der Waals surface area contributed by atoms with Crippen LogP contribution in [0.1, 0.15) is 31.7 Å². The van der Waals surface area contributed by atoms with Crippen LogP contribution in [0.3, 0.4) is 0 Å². The molecule has 4 nitrogen and oxygen atoms in total. The zero-order valence-electron chi connectivity index (χ0n) is 12.0. The first-order valence-electron chi connectivity index (χ1n) is 6.51. The molecule has 1 N–H and O–H groups in total. The standard InChI is InChI=1S/C14H18ClF2NO3/c1-4-20-11-7-9(5-6-10(11)21-14(16)17)12(15)13(19)18-8(2)3/h5-8,12,14H,4H2,1-3H3,(H,18,19). The number of nitrogens with one attached hydrogen (secondary N) is 1. The number of rotatable bonds is 7. The van der Waals surface area contributed by atoms with Crippen LogP contribution in [0.2, 0.25) is 0 Å². The smallest absolute Gasteiger partial charge is 0.387 e. The summed E-state index contributed by atoms with van der Waals surface area (Å²) in [5, 5.41) is 1.74. The molecule has 118 valence electrons. The SMILES string of the molecule is CCOc1cc(C(Cl)C(=O)NC(C)C)ccc1OC(F)F. The maximum absolute atomic E-state index is 12.3. The Kier molecular flexibility index (Phi) is 6.68. The molecule has 0 aliphatic rings. The average Bonchev–Trinajstić information content (AvgIpc) is 2.38. The fourth-order valence-electron chi connectivity index (χ4n) is 1.65. The Labute approximate surface area is 127 Å². The summed E-state index contributed by atoms with van der Waals surface area (Å²) in [5.41, 5.74) is 0.444. The van der Waals surface area contributed by atoms with Gasteiger partial charge in [-0.1, -0.05) is 6.07 Å². The van der Waals surface area contributed by atoms with Crippen LogP contribution >= 0.6 is 11.6 Å². The van der Waals surface area contributed by atoms with Gasteiger partial charge in [-0.15, -0.1) is 11.6 Å². The second-order valence-corrected chi connectivity index (χ2v) is 4.98. The molecule has 1 atom stereocenters. The van der Waals surface area contributed by atoms with Gasteiger partial charge in [-0.2, -0.15) is 8.78 Å². The lowest BCUT2D eigenvalue weighted by Gasteiger charge is -2.16. The first kappa shape index (κ1) is 17.5. The van der Waals surface area contributed by atoms with Crippen molar-refractivity contribution >= 4 is 17.5 Å². The molecule has 7 heteroatoms. The Morgan fingerprint density at radius 1 is 1.33 bits per heavy atom. The Morgan fingerprint density at radius 3 is 2.52 bits per heavy atom. The van der Waals surface area contributed by atoms with Gasteiger partial charge in [0.2, 0.25) is 5.91 Å². The second-order valence-electron chi connectivity index (χ2n) is 4.54. The van der Waals surface area contributed by atoms with E-state index in [1.807, 2.05) is 13.8 Å². The molecule has 0 saturated heterocycles. The van der Waals surface area contributed by atoms with Gasteiger partial charge in [-0.25, -0.2) is 0 Å². The molecular formula is C14H18ClF2NO3. The van der Waals surface area contributed by atoms with E-state index in [9.17, 15) is 13.6 Å². The molecule has 0 bridgehead atoms. The third-order valence-electron chi connectivity index (χ3n) is 2.44. The molecule has 1 aromatic rings. The Balaban J connectivity index is 2.98. The summed E-state index contributed by atoms with van der Waals surface area (Å²) in [6.45, 7) is 2.65. The van der Waals surface area contributed by atoms with Crippen LogP contribution in [0.15, 0.2) is 18.2 Å². The molecule has 0 radical (unpaired) electrons. The van der Waals surface area contributed by atoms with E-state index in [2.05, 4.69) is 10.1 Å². The van der Waals surface area contributed by atoms with Gasteiger partial charge in [-0.05, 0) is 38.5 Å². The molecule has 1 rings (SSSR count). The van der Waals surface area contributed by atoms with Gasteiger partial charge in [0.15, 0.2) is 11.5 Å². The van der Waals surface area contributed by atoms with Crippen molar-refractivity contribution in [3.63, 3.8) is 0 Å². The van der Waals surface area contributed by atoms with Gasteiger partial charge in [0.1, 0.15) is 5.38 Å². The summed E-state index contributed by atoms with van der Waals surface area (Å²) < 4.78 is 34.2. The van der Waals surface area contributed by atoms with Crippen molar-refractivity contribution in [3.8, 4) is 11.5 Å². The largest absolute Gasteiger partial charge is 0.490 e. The lowest BCUT2D eigenvalue weighted by Crippen LogP contribution is -2.32. The zero-order chi connectivity index (χ0) is 16.0. The monoisotopic (exact) mass is 321 g/mol. The van der Waals surface area contributed by atoms with Gasteiger partial charge in [0, 0.05) is 6.04 Å². The molecule has 0 saturated carbocycles. The van der Waals surface area contributed by atoms with Crippen LogP contribution < -0.4 is 14.8 Å². The van der Waals surface area contributed by atoms with Crippen LogP contribution in [0.4, 0.5) is 8.78 Å². The highest BCUT2D eigenvalue weighted by molar-refractivity contribution is 6.30. The molecule has 0 fully saturated rings. The van der Waals surface area contributed by atoms with E-state index in [1.54, 1.807) is 6.92 Å². The van der Waals surface area contributed by atoms with Crippen LogP contribution in [0.5, 0.6) is 11.5 Å². The number of halogens is 3. The fourth-order valence-corrected chi connectivity index (χ4v) is 1.85. The lowest BCUT2D eigenvalue weighted by molar-refractivity contribution is -0.121. The molecule has 0 spiro atoms. The molecule has 0 heterocycles. The summed E-state index contributed by atoms with van der Waals surface area (Å²) >= 11 is 6.07. The van der Waals surface area contributed by atoms with Crippen molar-refractivity contribution in [2.24, 2.45) is 0 Å². The quantitative estimate of drug-likeness (QED) is 0.782. The average molecular weight is 322 g/mol. The van der Waals surface area contributed by atoms with Crippen LogP contribution in [0, 0.1) is 0 Å². The molecular weight excluding hydrogens is 304 g/mol. The molecule has 1 unspecified atom stereocenters. The van der Waals surface area contributed by atoms with Crippen molar-refractivity contribution in [1.82, 2.24) is 5.32 Å². The minimum Gasteiger partial charge on any atom is -0.490 e. The number of ether oxygens (including phenoxy) is 2. The summed E-state index contributed by atoms with van der Waals surface area (Å²) in [5.74, 6) is -0.335. The highest BCUT2D eigenvalue weighted by atomic mass is 35.5. The van der Waals surface area contributed by atoms with Crippen molar-refractivity contribution in [3.05, 3.63) is 23.8 Å². The Bertz CT molecular complexity index is 483. The van der Waals surface area contributed by atoms with Gasteiger partial charge < -0.3 is 14.8 Å². The fraction of sp³-hybridized carbons (Fsp3) is 0.500. The zero-order valence-corrected chi connectivity index (χ0v) is 12.8.